The summed E-state index contributed by atoms with van der Waals surface area (Å²) in [5.41, 5.74) is -0.644. The molecule has 0 heterocycles. The molecule has 0 aromatic rings. The van der Waals surface area contributed by atoms with E-state index in [9.17, 15) is 4.79 Å². The highest BCUT2D eigenvalue weighted by Gasteiger charge is 2.32. The summed E-state index contributed by atoms with van der Waals surface area (Å²) in [7, 11) is 1.41. The van der Waals surface area contributed by atoms with Gasteiger partial charge in [-0.1, -0.05) is 38.5 Å². The molecule has 0 aromatic carbocycles. The predicted molar refractivity (Wildman–Crippen MR) is 66.0 cm³/mol. The number of nitrogens with one attached hydrogen (secondary N) is 1. The van der Waals surface area contributed by atoms with Crippen molar-refractivity contribution in [3.8, 4) is 12.3 Å². The number of methoxy groups -OCH3 is 1. The van der Waals surface area contributed by atoms with Crippen molar-refractivity contribution in [3.05, 3.63) is 0 Å². The third kappa shape index (κ3) is 5.18. The van der Waals surface area contributed by atoms with Gasteiger partial charge in [0, 0.05) is 0 Å². The zero-order valence-corrected chi connectivity index (χ0v) is 10.6. The molecule has 0 rings (SSSR count). The second-order valence-electron chi connectivity index (χ2n) is 4.19. The first-order chi connectivity index (χ1) is 7.60. The molecule has 0 aliphatic carbocycles. The Balaban J connectivity index is 4.20. The Morgan fingerprint density at radius 3 is 2.62 bits per heavy atom. The second kappa shape index (κ2) is 8.18. The maximum absolute atomic E-state index is 11.7. The number of esters is 1. The summed E-state index contributed by atoms with van der Waals surface area (Å²) in [5, 5.41) is 3.06. The van der Waals surface area contributed by atoms with Crippen molar-refractivity contribution in [2.75, 3.05) is 13.7 Å². The van der Waals surface area contributed by atoms with E-state index in [0.29, 0.717) is 6.54 Å². The van der Waals surface area contributed by atoms with Crippen molar-refractivity contribution >= 4 is 5.97 Å². The highest BCUT2D eigenvalue weighted by Crippen LogP contribution is 2.16. The Labute approximate surface area is 98.9 Å². The first kappa shape index (κ1) is 15.0. The Morgan fingerprint density at radius 2 is 2.12 bits per heavy atom. The van der Waals surface area contributed by atoms with Crippen LogP contribution in [0.2, 0.25) is 0 Å². The molecule has 3 nitrogen and oxygen atoms in total. The van der Waals surface area contributed by atoms with Gasteiger partial charge in [0.05, 0.1) is 13.7 Å². The number of terminal acetylenes is 1. The molecular formula is C13H23NO2. The first-order valence-corrected chi connectivity index (χ1v) is 5.87. The summed E-state index contributed by atoms with van der Waals surface area (Å²) in [5.74, 6) is 2.25. The van der Waals surface area contributed by atoms with Gasteiger partial charge in [0.2, 0.25) is 0 Å². The molecule has 16 heavy (non-hydrogen) atoms. The summed E-state index contributed by atoms with van der Waals surface area (Å²) in [6.07, 6.45) is 10.5. The number of hydrogen-bond acceptors (Lipinski definition) is 3. The van der Waals surface area contributed by atoms with Crippen LogP contribution in [0.15, 0.2) is 0 Å². The minimum atomic E-state index is -0.644. The SMILES string of the molecule is C#CCNC(C)(CCCCCC)C(=O)OC. The molecule has 3 heteroatoms. The number of unbranched alkanes of at least 4 members (excludes halogenated alkanes) is 3. The number of rotatable bonds is 8. The summed E-state index contributed by atoms with van der Waals surface area (Å²) >= 11 is 0. The molecule has 0 aliphatic rings. The van der Waals surface area contributed by atoms with E-state index in [1.54, 1.807) is 0 Å². The molecule has 1 N–H and O–H groups in total. The fourth-order valence-electron chi connectivity index (χ4n) is 1.64. The molecule has 0 saturated carbocycles. The van der Waals surface area contributed by atoms with Crippen LogP contribution in [0, 0.1) is 12.3 Å². The van der Waals surface area contributed by atoms with E-state index < -0.39 is 5.54 Å². The monoisotopic (exact) mass is 225 g/mol. The van der Waals surface area contributed by atoms with Crippen molar-refractivity contribution in [2.45, 2.75) is 51.5 Å². The van der Waals surface area contributed by atoms with E-state index in [0.717, 1.165) is 19.3 Å². The molecule has 1 unspecified atom stereocenters. The van der Waals surface area contributed by atoms with Crippen molar-refractivity contribution in [2.24, 2.45) is 0 Å². The quantitative estimate of drug-likeness (QED) is 0.390. The van der Waals surface area contributed by atoms with Crippen LogP contribution < -0.4 is 5.32 Å². The molecule has 0 fully saturated rings. The summed E-state index contributed by atoms with van der Waals surface area (Å²) in [6.45, 7) is 4.40. The fourth-order valence-corrected chi connectivity index (χ4v) is 1.64. The van der Waals surface area contributed by atoms with Crippen LogP contribution in [-0.4, -0.2) is 25.2 Å². The van der Waals surface area contributed by atoms with Gasteiger partial charge in [-0.05, 0) is 13.3 Å². The van der Waals surface area contributed by atoms with E-state index in [4.69, 9.17) is 11.2 Å². The Bertz CT molecular complexity index is 245. The minimum Gasteiger partial charge on any atom is -0.468 e. The average Bonchev–Trinajstić information content (AvgIpc) is 2.31. The lowest BCUT2D eigenvalue weighted by molar-refractivity contribution is -0.148. The molecule has 0 aliphatic heterocycles. The van der Waals surface area contributed by atoms with Gasteiger partial charge in [-0.15, -0.1) is 6.42 Å². The van der Waals surface area contributed by atoms with E-state index in [1.165, 1.54) is 20.0 Å². The van der Waals surface area contributed by atoms with Crippen LogP contribution in [0.25, 0.3) is 0 Å². The van der Waals surface area contributed by atoms with Crippen molar-refractivity contribution in [3.63, 3.8) is 0 Å². The molecule has 0 amide bonds. The average molecular weight is 225 g/mol. The van der Waals surface area contributed by atoms with Gasteiger partial charge in [-0.3, -0.25) is 10.1 Å². The molecular weight excluding hydrogens is 202 g/mol. The van der Waals surface area contributed by atoms with Crippen LogP contribution in [0.3, 0.4) is 0 Å². The maximum atomic E-state index is 11.7. The number of carbonyl (C=O) groups is 1. The number of carbonyl (C=O) groups excluding carboxylic acids is 1. The Morgan fingerprint density at radius 1 is 1.44 bits per heavy atom. The van der Waals surface area contributed by atoms with E-state index >= 15 is 0 Å². The maximum Gasteiger partial charge on any atom is 0.325 e. The number of hydrogen-bond donors (Lipinski definition) is 1. The molecule has 1 atom stereocenters. The highest BCUT2D eigenvalue weighted by molar-refractivity contribution is 5.80. The minimum absolute atomic E-state index is 0.237. The molecule has 0 spiro atoms. The third-order valence-electron chi connectivity index (χ3n) is 2.75. The smallest absolute Gasteiger partial charge is 0.325 e. The van der Waals surface area contributed by atoms with E-state index in [2.05, 4.69) is 18.2 Å². The normalized spacial score (nSPS) is 13.9. The van der Waals surface area contributed by atoms with Gasteiger partial charge in [-0.25, -0.2) is 0 Å². The van der Waals surface area contributed by atoms with Gasteiger partial charge < -0.3 is 4.74 Å². The predicted octanol–water partition coefficient (Wildman–Crippen LogP) is 2.11. The van der Waals surface area contributed by atoms with Crippen molar-refractivity contribution in [1.29, 1.82) is 0 Å². The number of ether oxygens (including phenoxy) is 1. The largest absolute Gasteiger partial charge is 0.468 e. The zero-order valence-electron chi connectivity index (χ0n) is 10.6. The van der Waals surface area contributed by atoms with Gasteiger partial charge in [-0.2, -0.15) is 0 Å². The van der Waals surface area contributed by atoms with Crippen LogP contribution in [0.4, 0.5) is 0 Å². The molecule has 92 valence electrons. The van der Waals surface area contributed by atoms with Gasteiger partial charge in [0.15, 0.2) is 0 Å². The molecule has 0 saturated heterocycles. The highest BCUT2D eigenvalue weighted by atomic mass is 16.5. The topological polar surface area (TPSA) is 38.3 Å². The lowest BCUT2D eigenvalue weighted by Crippen LogP contribution is -2.50. The van der Waals surface area contributed by atoms with Crippen LogP contribution in [0.1, 0.15) is 46.0 Å². The fraction of sp³-hybridized carbons (Fsp3) is 0.769. The Kier molecular flexibility index (Phi) is 7.66. The molecule has 0 bridgehead atoms. The lowest BCUT2D eigenvalue weighted by atomic mass is 9.94. The van der Waals surface area contributed by atoms with Crippen LogP contribution in [0.5, 0.6) is 0 Å². The van der Waals surface area contributed by atoms with Gasteiger partial charge in [0.25, 0.3) is 0 Å². The Hall–Kier alpha value is -1.01. The zero-order chi connectivity index (χ0) is 12.4. The van der Waals surface area contributed by atoms with Crippen LogP contribution >= 0.6 is 0 Å². The van der Waals surface area contributed by atoms with E-state index in [-0.39, 0.29) is 5.97 Å². The molecule has 0 radical (unpaired) electrons. The lowest BCUT2D eigenvalue weighted by Gasteiger charge is -2.27. The second-order valence-corrected chi connectivity index (χ2v) is 4.19. The summed E-state index contributed by atoms with van der Waals surface area (Å²) in [6, 6.07) is 0. The molecule has 0 aromatic heterocycles. The van der Waals surface area contributed by atoms with Gasteiger partial charge in [0.1, 0.15) is 5.54 Å². The third-order valence-corrected chi connectivity index (χ3v) is 2.75. The first-order valence-electron chi connectivity index (χ1n) is 5.87. The van der Waals surface area contributed by atoms with E-state index in [1.807, 2.05) is 6.92 Å². The van der Waals surface area contributed by atoms with Crippen molar-refractivity contribution < 1.29 is 9.53 Å². The summed E-state index contributed by atoms with van der Waals surface area (Å²) < 4.78 is 4.80. The van der Waals surface area contributed by atoms with Gasteiger partial charge >= 0.3 is 5.97 Å². The van der Waals surface area contributed by atoms with Crippen molar-refractivity contribution in [1.82, 2.24) is 5.32 Å². The standard InChI is InChI=1S/C13H23NO2/c1-5-7-8-9-10-13(3,12(15)16-4)14-11-6-2/h2,14H,5,7-11H2,1,3-4H3. The van der Waals surface area contributed by atoms with Crippen LogP contribution in [-0.2, 0) is 9.53 Å². The summed E-state index contributed by atoms with van der Waals surface area (Å²) in [4.78, 5) is 11.7.